The molecule has 0 radical (unpaired) electrons. The van der Waals surface area contributed by atoms with E-state index >= 15 is 0 Å². The average Bonchev–Trinajstić information content (AvgIpc) is 2.63. The molecule has 2 rings (SSSR count). The molecule has 0 aliphatic carbocycles. The summed E-state index contributed by atoms with van der Waals surface area (Å²) in [7, 11) is 0. The maximum Gasteiger partial charge on any atom is 0.458 e. The quantitative estimate of drug-likeness (QED) is 0.786. The molecular formula is C10H7F3INO2. The third-order valence-electron chi connectivity index (χ3n) is 2.33. The van der Waals surface area contributed by atoms with Crippen molar-refractivity contribution < 1.29 is 23.1 Å². The van der Waals surface area contributed by atoms with E-state index < -0.39 is 18.4 Å². The van der Waals surface area contributed by atoms with E-state index in [2.05, 4.69) is 32.6 Å². The molecule has 0 bridgehead atoms. The molecule has 0 spiro atoms. The van der Waals surface area contributed by atoms with Gasteiger partial charge >= 0.3 is 12.0 Å². The molecule has 92 valence electrons. The lowest BCUT2D eigenvalue weighted by Crippen LogP contribution is -2.45. The number of rotatable bonds is 1. The standard InChI is InChI=1S/C10H7F3INO2/c11-10(12,13)9(16)5-8(15-17-9)6-1-3-7(14)4-2-6/h1-4,16H,5H2. The van der Waals surface area contributed by atoms with Crippen LogP contribution in [0, 0.1) is 3.57 Å². The SMILES string of the molecule is OC1(C(F)(F)F)CC(c2ccc(I)cc2)=NO1. The second kappa shape index (κ2) is 4.13. The first kappa shape index (κ1) is 12.6. The zero-order chi connectivity index (χ0) is 12.7. The Balaban J connectivity index is 2.20. The summed E-state index contributed by atoms with van der Waals surface area (Å²) in [6.45, 7) is 0. The topological polar surface area (TPSA) is 41.8 Å². The summed E-state index contributed by atoms with van der Waals surface area (Å²) < 4.78 is 38.3. The van der Waals surface area contributed by atoms with Gasteiger partial charge in [-0.1, -0.05) is 17.3 Å². The summed E-state index contributed by atoms with van der Waals surface area (Å²) in [5.41, 5.74) is 0.590. The molecule has 1 aromatic carbocycles. The van der Waals surface area contributed by atoms with Gasteiger partial charge in [-0.3, -0.25) is 0 Å². The van der Waals surface area contributed by atoms with Gasteiger partial charge in [0.15, 0.2) is 0 Å². The van der Waals surface area contributed by atoms with Crippen molar-refractivity contribution in [1.82, 2.24) is 0 Å². The molecule has 0 fully saturated rings. The maximum atomic E-state index is 12.4. The van der Waals surface area contributed by atoms with Crippen molar-refractivity contribution in [3.05, 3.63) is 33.4 Å². The van der Waals surface area contributed by atoms with Crippen LogP contribution in [0.1, 0.15) is 12.0 Å². The van der Waals surface area contributed by atoms with Crippen LogP contribution in [0.25, 0.3) is 0 Å². The van der Waals surface area contributed by atoms with Crippen LogP contribution >= 0.6 is 22.6 Å². The van der Waals surface area contributed by atoms with Gasteiger partial charge in [-0.05, 0) is 40.3 Å². The van der Waals surface area contributed by atoms with Gasteiger partial charge in [-0.2, -0.15) is 13.2 Å². The first-order valence-electron chi connectivity index (χ1n) is 4.62. The van der Waals surface area contributed by atoms with Crippen molar-refractivity contribution in [2.75, 3.05) is 0 Å². The zero-order valence-electron chi connectivity index (χ0n) is 8.33. The molecule has 1 aliphatic heterocycles. The molecule has 1 heterocycles. The summed E-state index contributed by atoms with van der Waals surface area (Å²) in [6.07, 6.45) is -5.56. The lowest BCUT2D eigenvalue weighted by molar-refractivity contribution is -0.355. The van der Waals surface area contributed by atoms with Crippen molar-refractivity contribution in [3.63, 3.8) is 0 Å². The van der Waals surface area contributed by atoms with Crippen LogP contribution in [0.4, 0.5) is 13.2 Å². The summed E-state index contributed by atoms with van der Waals surface area (Å²) in [4.78, 5) is 4.12. The second-order valence-corrected chi connectivity index (χ2v) is 4.84. The molecule has 0 amide bonds. The highest BCUT2D eigenvalue weighted by Crippen LogP contribution is 2.38. The normalized spacial score (nSPS) is 24.4. The van der Waals surface area contributed by atoms with Crippen LogP contribution < -0.4 is 0 Å². The summed E-state index contributed by atoms with van der Waals surface area (Å²) in [5.74, 6) is -3.20. The van der Waals surface area contributed by atoms with Crippen molar-refractivity contribution in [2.45, 2.75) is 18.4 Å². The minimum atomic E-state index is -4.86. The smallest absolute Gasteiger partial charge is 0.350 e. The number of nitrogens with zero attached hydrogens (tertiary/aromatic N) is 1. The number of alkyl halides is 3. The third-order valence-corrected chi connectivity index (χ3v) is 3.05. The van der Waals surface area contributed by atoms with Gasteiger partial charge in [-0.15, -0.1) is 0 Å². The Hall–Kier alpha value is -0.830. The number of benzene rings is 1. The van der Waals surface area contributed by atoms with E-state index in [0.717, 1.165) is 3.57 Å². The monoisotopic (exact) mass is 357 g/mol. The maximum absolute atomic E-state index is 12.4. The Morgan fingerprint density at radius 3 is 2.35 bits per heavy atom. The predicted octanol–water partition coefficient (Wildman–Crippen LogP) is 2.67. The highest BCUT2D eigenvalue weighted by atomic mass is 127. The van der Waals surface area contributed by atoms with Gasteiger partial charge in [0.2, 0.25) is 0 Å². The van der Waals surface area contributed by atoms with Crippen LogP contribution in [0.2, 0.25) is 0 Å². The molecule has 3 nitrogen and oxygen atoms in total. The number of aliphatic hydroxyl groups is 1. The first-order valence-corrected chi connectivity index (χ1v) is 5.70. The van der Waals surface area contributed by atoms with E-state index in [1.807, 2.05) is 0 Å². The molecule has 1 aromatic rings. The van der Waals surface area contributed by atoms with E-state index in [-0.39, 0.29) is 5.71 Å². The molecule has 1 N–H and O–H groups in total. The zero-order valence-corrected chi connectivity index (χ0v) is 10.5. The number of halogens is 4. The largest absolute Gasteiger partial charge is 0.458 e. The number of hydrogen-bond acceptors (Lipinski definition) is 3. The van der Waals surface area contributed by atoms with Crippen LogP contribution in [0.3, 0.4) is 0 Å². The van der Waals surface area contributed by atoms with E-state index in [1.165, 1.54) is 0 Å². The number of hydrogen-bond donors (Lipinski definition) is 1. The molecule has 0 saturated carbocycles. The molecule has 1 unspecified atom stereocenters. The fraction of sp³-hybridized carbons (Fsp3) is 0.300. The fourth-order valence-corrected chi connectivity index (χ4v) is 1.73. The fourth-order valence-electron chi connectivity index (χ4n) is 1.37. The second-order valence-electron chi connectivity index (χ2n) is 3.60. The summed E-state index contributed by atoms with van der Waals surface area (Å²) >= 11 is 2.08. The Morgan fingerprint density at radius 2 is 1.88 bits per heavy atom. The van der Waals surface area contributed by atoms with E-state index in [4.69, 9.17) is 0 Å². The predicted molar refractivity (Wildman–Crippen MR) is 62.4 cm³/mol. The van der Waals surface area contributed by atoms with Gasteiger partial charge in [0.1, 0.15) is 0 Å². The van der Waals surface area contributed by atoms with Gasteiger partial charge in [0, 0.05) is 3.57 Å². The van der Waals surface area contributed by atoms with E-state index in [0.29, 0.717) is 5.56 Å². The minimum Gasteiger partial charge on any atom is -0.350 e. The Bertz CT molecular complexity index is 458. The third kappa shape index (κ3) is 2.39. The molecule has 1 atom stereocenters. The van der Waals surface area contributed by atoms with Crippen molar-refractivity contribution in [1.29, 1.82) is 0 Å². The molecule has 0 saturated heterocycles. The Kier molecular flexibility index (Phi) is 3.06. The van der Waals surface area contributed by atoms with Gasteiger partial charge in [0.25, 0.3) is 0 Å². The van der Waals surface area contributed by atoms with Gasteiger partial charge in [-0.25, -0.2) is 0 Å². The lowest BCUT2D eigenvalue weighted by Gasteiger charge is -2.22. The van der Waals surface area contributed by atoms with Crippen LogP contribution in [0.5, 0.6) is 0 Å². The summed E-state index contributed by atoms with van der Waals surface area (Å²) in [6, 6.07) is 6.74. The molecule has 17 heavy (non-hydrogen) atoms. The van der Waals surface area contributed by atoms with Crippen LogP contribution in [-0.2, 0) is 4.84 Å². The molecule has 7 heteroatoms. The van der Waals surface area contributed by atoms with Crippen molar-refractivity contribution in [2.24, 2.45) is 5.16 Å². The van der Waals surface area contributed by atoms with Crippen LogP contribution in [-0.4, -0.2) is 22.8 Å². The van der Waals surface area contributed by atoms with Crippen molar-refractivity contribution >= 4 is 28.3 Å². The van der Waals surface area contributed by atoms with E-state index in [1.54, 1.807) is 24.3 Å². The molecule has 1 aliphatic rings. The first-order chi connectivity index (χ1) is 7.82. The Morgan fingerprint density at radius 1 is 1.29 bits per heavy atom. The summed E-state index contributed by atoms with van der Waals surface area (Å²) in [5, 5.41) is 12.6. The van der Waals surface area contributed by atoms with E-state index in [9.17, 15) is 18.3 Å². The van der Waals surface area contributed by atoms with Gasteiger partial charge < -0.3 is 9.94 Å². The Labute approximate surface area is 108 Å². The highest BCUT2D eigenvalue weighted by molar-refractivity contribution is 14.1. The van der Waals surface area contributed by atoms with Crippen LogP contribution in [0.15, 0.2) is 29.4 Å². The van der Waals surface area contributed by atoms with Crippen molar-refractivity contribution in [3.8, 4) is 0 Å². The lowest BCUT2D eigenvalue weighted by atomic mass is 10.0. The molecule has 0 aromatic heterocycles. The van der Waals surface area contributed by atoms with Gasteiger partial charge in [0.05, 0.1) is 12.1 Å². The average molecular weight is 357 g/mol. The number of oxime groups is 1. The minimum absolute atomic E-state index is 0.0845. The molecular weight excluding hydrogens is 350 g/mol. The highest BCUT2D eigenvalue weighted by Gasteiger charge is 2.60.